The van der Waals surface area contributed by atoms with Crippen LogP contribution >= 0.6 is 11.6 Å². The molecule has 2 N–H and O–H groups in total. The summed E-state index contributed by atoms with van der Waals surface area (Å²) in [5, 5.41) is 3.08. The van der Waals surface area contributed by atoms with Gasteiger partial charge in [-0.15, -0.1) is 0 Å². The number of furan rings is 1. The Morgan fingerprint density at radius 2 is 1.97 bits per heavy atom. The van der Waals surface area contributed by atoms with Crippen LogP contribution in [0.25, 0.3) is 0 Å². The number of rotatable bonds is 8. The second kappa shape index (κ2) is 9.30. The predicted octanol–water partition coefficient (Wildman–Crippen LogP) is 3.19. The van der Waals surface area contributed by atoms with E-state index in [-0.39, 0.29) is 27.6 Å². The van der Waals surface area contributed by atoms with E-state index in [9.17, 15) is 13.2 Å². The predicted molar refractivity (Wildman–Crippen MR) is 111 cm³/mol. The van der Waals surface area contributed by atoms with Crippen molar-refractivity contribution >= 4 is 27.5 Å². The summed E-state index contributed by atoms with van der Waals surface area (Å²) >= 11 is 6.18. The van der Waals surface area contributed by atoms with Crippen molar-refractivity contribution in [3.05, 3.63) is 52.9 Å². The Balaban J connectivity index is 1.76. The molecule has 1 unspecified atom stereocenters. The Morgan fingerprint density at radius 3 is 2.59 bits per heavy atom. The summed E-state index contributed by atoms with van der Waals surface area (Å²) in [6, 6.07) is 7.50. The first-order valence-electron chi connectivity index (χ1n) is 9.65. The average Bonchev–Trinajstić information content (AvgIpc) is 3.35. The molecule has 9 heteroatoms. The lowest BCUT2D eigenvalue weighted by Crippen LogP contribution is -2.37. The quantitative estimate of drug-likeness (QED) is 0.659. The number of halogens is 1. The van der Waals surface area contributed by atoms with Crippen LogP contribution in [0.3, 0.4) is 0 Å². The summed E-state index contributed by atoms with van der Waals surface area (Å²) in [7, 11) is -3.72. The van der Waals surface area contributed by atoms with Crippen molar-refractivity contribution in [2.45, 2.75) is 43.7 Å². The van der Waals surface area contributed by atoms with Crippen LogP contribution in [0.4, 0.5) is 0 Å². The number of hydrogen-bond donors (Lipinski definition) is 2. The SMILES string of the molecule is CC(C)NS(=O)(=O)c1ccc(Cl)c(C(=O)NCC(c2ccco2)N2CCCC2)c1. The van der Waals surface area contributed by atoms with E-state index in [1.807, 2.05) is 12.1 Å². The molecule has 0 aliphatic carbocycles. The van der Waals surface area contributed by atoms with Crippen molar-refractivity contribution in [3.63, 3.8) is 0 Å². The minimum absolute atomic E-state index is 0.00266. The minimum Gasteiger partial charge on any atom is -0.468 e. The van der Waals surface area contributed by atoms with Crippen molar-refractivity contribution in [1.29, 1.82) is 0 Å². The van der Waals surface area contributed by atoms with Gasteiger partial charge in [0, 0.05) is 12.6 Å². The summed E-state index contributed by atoms with van der Waals surface area (Å²) in [6.45, 7) is 5.68. The highest BCUT2D eigenvalue weighted by atomic mass is 35.5. The zero-order valence-corrected chi connectivity index (χ0v) is 18.1. The van der Waals surface area contributed by atoms with E-state index in [1.165, 1.54) is 18.2 Å². The van der Waals surface area contributed by atoms with Crippen LogP contribution in [0.1, 0.15) is 48.8 Å². The van der Waals surface area contributed by atoms with Gasteiger partial charge >= 0.3 is 0 Å². The maximum Gasteiger partial charge on any atom is 0.252 e. The van der Waals surface area contributed by atoms with E-state index < -0.39 is 15.9 Å². The fourth-order valence-corrected chi connectivity index (χ4v) is 4.93. The monoisotopic (exact) mass is 439 g/mol. The van der Waals surface area contributed by atoms with Gasteiger partial charge in [0.2, 0.25) is 10.0 Å². The summed E-state index contributed by atoms with van der Waals surface area (Å²) < 4.78 is 32.9. The number of hydrogen-bond acceptors (Lipinski definition) is 5. The summed E-state index contributed by atoms with van der Waals surface area (Å²) in [5.41, 5.74) is 0.123. The van der Waals surface area contributed by atoms with Crippen LogP contribution in [-0.4, -0.2) is 44.9 Å². The Kier molecular flexibility index (Phi) is 7.00. The van der Waals surface area contributed by atoms with Gasteiger partial charge in [-0.05, 0) is 70.1 Å². The molecule has 1 atom stereocenters. The highest BCUT2D eigenvalue weighted by Crippen LogP contribution is 2.26. The van der Waals surface area contributed by atoms with Gasteiger partial charge in [0.1, 0.15) is 5.76 Å². The first-order valence-corrected chi connectivity index (χ1v) is 11.5. The molecule has 3 rings (SSSR count). The van der Waals surface area contributed by atoms with E-state index in [2.05, 4.69) is 14.9 Å². The van der Waals surface area contributed by atoms with Crippen LogP contribution in [-0.2, 0) is 10.0 Å². The first-order chi connectivity index (χ1) is 13.8. The standard InChI is InChI=1S/C20H26ClN3O4S/c1-14(2)23-29(26,27)15-7-8-17(21)16(12-15)20(25)22-13-18(19-6-5-11-28-19)24-9-3-4-10-24/h5-8,11-12,14,18,23H,3-4,9-10,13H2,1-2H3,(H,22,25). The van der Waals surface area contributed by atoms with Gasteiger partial charge in [-0.1, -0.05) is 11.6 Å². The van der Waals surface area contributed by atoms with Gasteiger partial charge in [0.15, 0.2) is 0 Å². The normalized spacial score (nSPS) is 16.3. The number of carbonyl (C=O) groups is 1. The Morgan fingerprint density at radius 1 is 1.24 bits per heavy atom. The number of amides is 1. The molecule has 0 radical (unpaired) electrons. The van der Waals surface area contributed by atoms with Gasteiger partial charge in [-0.2, -0.15) is 0 Å². The number of benzene rings is 1. The van der Waals surface area contributed by atoms with Crippen molar-refractivity contribution in [2.75, 3.05) is 19.6 Å². The van der Waals surface area contributed by atoms with Crippen LogP contribution in [0.15, 0.2) is 45.9 Å². The molecule has 1 saturated heterocycles. The maximum atomic E-state index is 12.8. The topological polar surface area (TPSA) is 91.6 Å². The molecule has 158 valence electrons. The molecular formula is C20H26ClN3O4S. The molecule has 1 amide bonds. The molecule has 0 bridgehead atoms. The Labute approximate surface area is 176 Å². The molecular weight excluding hydrogens is 414 g/mol. The summed E-state index contributed by atoms with van der Waals surface area (Å²) in [4.78, 5) is 15.1. The van der Waals surface area contributed by atoms with E-state index >= 15 is 0 Å². The molecule has 2 heterocycles. The number of sulfonamides is 1. The molecule has 0 spiro atoms. The largest absolute Gasteiger partial charge is 0.468 e. The third kappa shape index (κ3) is 5.39. The van der Waals surface area contributed by atoms with Crippen LogP contribution in [0.2, 0.25) is 5.02 Å². The zero-order chi connectivity index (χ0) is 21.0. The van der Waals surface area contributed by atoms with Crippen molar-refractivity contribution in [1.82, 2.24) is 14.9 Å². The number of nitrogens with one attached hydrogen (secondary N) is 2. The number of likely N-dealkylation sites (tertiary alicyclic amines) is 1. The summed E-state index contributed by atoms with van der Waals surface area (Å²) in [5.74, 6) is 0.364. The highest BCUT2D eigenvalue weighted by molar-refractivity contribution is 7.89. The molecule has 1 aliphatic rings. The lowest BCUT2D eigenvalue weighted by Gasteiger charge is -2.26. The third-order valence-corrected chi connectivity index (χ3v) is 6.78. The fourth-order valence-electron chi connectivity index (χ4n) is 3.45. The van der Waals surface area contributed by atoms with Gasteiger partial charge in [-0.3, -0.25) is 9.69 Å². The smallest absolute Gasteiger partial charge is 0.252 e. The van der Waals surface area contributed by atoms with Gasteiger partial charge < -0.3 is 9.73 Å². The molecule has 7 nitrogen and oxygen atoms in total. The highest BCUT2D eigenvalue weighted by Gasteiger charge is 2.27. The lowest BCUT2D eigenvalue weighted by atomic mass is 10.1. The molecule has 1 aliphatic heterocycles. The van der Waals surface area contributed by atoms with Crippen molar-refractivity contribution in [2.24, 2.45) is 0 Å². The molecule has 29 heavy (non-hydrogen) atoms. The zero-order valence-electron chi connectivity index (χ0n) is 16.5. The molecule has 1 aromatic heterocycles. The lowest BCUT2D eigenvalue weighted by molar-refractivity contribution is 0.0933. The fraction of sp³-hybridized carbons (Fsp3) is 0.450. The Hall–Kier alpha value is -1.87. The molecule has 0 saturated carbocycles. The maximum absolute atomic E-state index is 12.8. The van der Waals surface area contributed by atoms with Crippen LogP contribution < -0.4 is 10.0 Å². The second-order valence-corrected chi connectivity index (χ2v) is 9.52. The Bertz CT molecular complexity index is 939. The second-order valence-electron chi connectivity index (χ2n) is 7.40. The van der Waals surface area contributed by atoms with E-state index in [0.29, 0.717) is 6.54 Å². The minimum atomic E-state index is -3.72. The number of carbonyl (C=O) groups excluding carboxylic acids is 1. The average molecular weight is 440 g/mol. The first kappa shape index (κ1) is 21.8. The van der Waals surface area contributed by atoms with Crippen LogP contribution in [0, 0.1) is 0 Å². The number of nitrogens with zero attached hydrogens (tertiary/aromatic N) is 1. The summed E-state index contributed by atoms with van der Waals surface area (Å²) in [6.07, 6.45) is 3.84. The van der Waals surface area contributed by atoms with Crippen LogP contribution in [0.5, 0.6) is 0 Å². The molecule has 2 aromatic rings. The third-order valence-electron chi connectivity index (χ3n) is 4.79. The van der Waals surface area contributed by atoms with Gasteiger partial charge in [0.25, 0.3) is 5.91 Å². The van der Waals surface area contributed by atoms with Gasteiger partial charge in [-0.25, -0.2) is 13.1 Å². The van der Waals surface area contributed by atoms with Crippen molar-refractivity contribution in [3.8, 4) is 0 Å². The molecule has 1 aromatic carbocycles. The van der Waals surface area contributed by atoms with E-state index in [1.54, 1.807) is 20.1 Å². The van der Waals surface area contributed by atoms with Gasteiger partial charge in [0.05, 0.1) is 27.8 Å². The van der Waals surface area contributed by atoms with Crippen molar-refractivity contribution < 1.29 is 17.6 Å². The molecule has 1 fully saturated rings. The van der Waals surface area contributed by atoms with E-state index in [0.717, 1.165) is 31.7 Å². The van der Waals surface area contributed by atoms with E-state index in [4.69, 9.17) is 16.0 Å².